The summed E-state index contributed by atoms with van der Waals surface area (Å²) in [6, 6.07) is 16.7. The second-order valence-electron chi connectivity index (χ2n) is 9.25. The van der Waals surface area contributed by atoms with Gasteiger partial charge < -0.3 is 19.1 Å². The summed E-state index contributed by atoms with van der Waals surface area (Å²) in [5.74, 6) is 0.907. The Hall–Kier alpha value is -3.12. The number of anilines is 2. The summed E-state index contributed by atoms with van der Waals surface area (Å²) >= 11 is 0. The van der Waals surface area contributed by atoms with Gasteiger partial charge in [-0.15, -0.1) is 0 Å². The third-order valence-electron chi connectivity index (χ3n) is 6.95. The Bertz CT molecular complexity index is 1100. The summed E-state index contributed by atoms with van der Waals surface area (Å²) in [4.78, 5) is 24.7. The van der Waals surface area contributed by atoms with Crippen LogP contribution < -0.4 is 9.80 Å². The van der Waals surface area contributed by atoms with E-state index in [-0.39, 0.29) is 11.8 Å². The van der Waals surface area contributed by atoms with E-state index in [4.69, 9.17) is 4.42 Å². The minimum absolute atomic E-state index is 0.0187. The van der Waals surface area contributed by atoms with Crippen molar-refractivity contribution in [3.05, 3.63) is 66.2 Å². The zero-order valence-electron chi connectivity index (χ0n) is 19.5. The van der Waals surface area contributed by atoms with Gasteiger partial charge in [0, 0.05) is 62.5 Å². The number of piperidine rings is 1. The molecule has 2 aromatic carbocycles. The van der Waals surface area contributed by atoms with Gasteiger partial charge in [0.25, 0.3) is 0 Å². The number of piperazine rings is 1. The first-order valence-corrected chi connectivity index (χ1v) is 11.9. The summed E-state index contributed by atoms with van der Waals surface area (Å²) < 4.78 is 5.33. The molecule has 1 aromatic heterocycles. The van der Waals surface area contributed by atoms with E-state index in [9.17, 15) is 4.79 Å². The predicted molar refractivity (Wildman–Crippen MR) is 132 cm³/mol. The number of carbonyl (C=O) groups excluding carboxylic acids is 1. The maximum atomic E-state index is 13.5. The summed E-state index contributed by atoms with van der Waals surface area (Å²) in [6.45, 7) is 6.85. The molecule has 1 amide bonds. The van der Waals surface area contributed by atoms with Crippen molar-refractivity contribution in [1.82, 2.24) is 9.88 Å². The number of hydrogen-bond acceptors (Lipinski definition) is 5. The number of nitrogens with zero attached hydrogens (tertiary/aromatic N) is 4. The zero-order valence-corrected chi connectivity index (χ0v) is 19.5. The quantitative estimate of drug-likeness (QED) is 0.584. The van der Waals surface area contributed by atoms with E-state index >= 15 is 0 Å². The third-order valence-corrected chi connectivity index (χ3v) is 6.95. The smallest absolute Gasteiger partial charge is 0.230 e. The summed E-state index contributed by atoms with van der Waals surface area (Å²) in [5, 5.41) is 0. The Balaban J connectivity index is 1.31. The van der Waals surface area contributed by atoms with Crippen LogP contribution in [0, 0.1) is 12.8 Å². The number of carbonyl (C=O) groups is 1. The predicted octanol–water partition coefficient (Wildman–Crippen LogP) is 4.39. The van der Waals surface area contributed by atoms with Gasteiger partial charge in [0.2, 0.25) is 5.91 Å². The third kappa shape index (κ3) is 4.67. The number of rotatable bonds is 5. The van der Waals surface area contributed by atoms with E-state index in [0.29, 0.717) is 5.89 Å². The van der Waals surface area contributed by atoms with Gasteiger partial charge in [0.15, 0.2) is 5.89 Å². The lowest BCUT2D eigenvalue weighted by atomic mass is 9.89. The average molecular weight is 445 g/mol. The van der Waals surface area contributed by atoms with E-state index in [2.05, 4.69) is 46.1 Å². The minimum atomic E-state index is 0.0187. The summed E-state index contributed by atoms with van der Waals surface area (Å²) in [5.41, 5.74) is 5.36. The second-order valence-corrected chi connectivity index (χ2v) is 9.25. The fraction of sp³-hybridized carbons (Fsp3) is 0.407. The Morgan fingerprint density at radius 2 is 1.76 bits per heavy atom. The second kappa shape index (κ2) is 9.40. The van der Waals surface area contributed by atoms with E-state index < -0.39 is 0 Å². The standard InChI is InChI=1S/C27H32N4O2/c1-20-28-25(19-33-20)21-9-11-24(12-10-21)31-13-5-7-23(27(31)32)18-22-6-3-4-8-26(22)30-16-14-29(2)15-17-30/h3-4,6,8-12,19,23H,5,7,13-18H2,1-2H3. The Labute approximate surface area is 195 Å². The molecule has 6 heteroatoms. The molecule has 5 rings (SSSR count). The van der Waals surface area contributed by atoms with Crippen LogP contribution in [-0.2, 0) is 11.2 Å². The van der Waals surface area contributed by atoms with Crippen LogP contribution in [0.3, 0.4) is 0 Å². The van der Waals surface area contributed by atoms with Gasteiger partial charge in [-0.25, -0.2) is 4.98 Å². The number of benzene rings is 2. The van der Waals surface area contributed by atoms with Crippen LogP contribution >= 0.6 is 0 Å². The van der Waals surface area contributed by atoms with Crippen LogP contribution in [0.2, 0.25) is 0 Å². The molecule has 2 aliphatic rings. The van der Waals surface area contributed by atoms with Gasteiger partial charge in [-0.2, -0.15) is 0 Å². The molecule has 0 aliphatic carbocycles. The van der Waals surface area contributed by atoms with Crippen LogP contribution in [0.25, 0.3) is 11.3 Å². The van der Waals surface area contributed by atoms with Crippen LogP contribution in [-0.4, -0.2) is 55.6 Å². The van der Waals surface area contributed by atoms with Crippen LogP contribution in [0.1, 0.15) is 24.3 Å². The number of likely N-dealkylation sites (N-methyl/N-ethyl adjacent to an activating group) is 1. The first-order valence-electron chi connectivity index (χ1n) is 11.9. The van der Waals surface area contributed by atoms with Gasteiger partial charge in [0.1, 0.15) is 12.0 Å². The first kappa shape index (κ1) is 21.7. The Morgan fingerprint density at radius 1 is 1.00 bits per heavy atom. The molecule has 1 unspecified atom stereocenters. The molecule has 2 fully saturated rings. The van der Waals surface area contributed by atoms with Crippen LogP contribution in [0.5, 0.6) is 0 Å². The molecule has 3 heterocycles. The fourth-order valence-corrected chi connectivity index (χ4v) is 5.01. The van der Waals surface area contributed by atoms with E-state index in [1.807, 2.05) is 36.1 Å². The summed E-state index contributed by atoms with van der Waals surface area (Å²) in [6.07, 6.45) is 4.44. The molecule has 0 radical (unpaired) electrons. The molecule has 33 heavy (non-hydrogen) atoms. The highest BCUT2D eigenvalue weighted by atomic mass is 16.3. The molecule has 0 N–H and O–H groups in total. The molecule has 0 spiro atoms. The molecule has 2 saturated heterocycles. The molecule has 0 bridgehead atoms. The first-order chi connectivity index (χ1) is 16.1. The van der Waals surface area contributed by atoms with E-state index in [1.54, 1.807) is 6.26 Å². The lowest BCUT2D eigenvalue weighted by molar-refractivity contribution is -0.123. The topological polar surface area (TPSA) is 52.8 Å². The van der Waals surface area contributed by atoms with Crippen molar-refractivity contribution in [1.29, 1.82) is 0 Å². The van der Waals surface area contributed by atoms with Crippen molar-refractivity contribution < 1.29 is 9.21 Å². The number of para-hydroxylation sites is 1. The number of aryl methyl sites for hydroxylation is 1. The monoisotopic (exact) mass is 444 g/mol. The molecule has 0 saturated carbocycles. The van der Waals surface area contributed by atoms with Crippen LogP contribution in [0.4, 0.5) is 11.4 Å². The van der Waals surface area contributed by atoms with Gasteiger partial charge in [-0.1, -0.05) is 30.3 Å². The molecule has 172 valence electrons. The van der Waals surface area contributed by atoms with Gasteiger partial charge in [-0.3, -0.25) is 4.79 Å². The maximum absolute atomic E-state index is 13.5. The van der Waals surface area contributed by atoms with Crippen LogP contribution in [0.15, 0.2) is 59.2 Å². The van der Waals surface area contributed by atoms with Gasteiger partial charge in [-0.05, 0) is 50.1 Å². The van der Waals surface area contributed by atoms with Crippen molar-refractivity contribution >= 4 is 17.3 Å². The Morgan fingerprint density at radius 3 is 2.48 bits per heavy atom. The normalized spacial score (nSPS) is 19.8. The van der Waals surface area contributed by atoms with Gasteiger partial charge in [0.05, 0.1) is 0 Å². The highest BCUT2D eigenvalue weighted by Crippen LogP contribution is 2.31. The molecule has 6 nitrogen and oxygen atoms in total. The van der Waals surface area contributed by atoms with E-state index in [0.717, 1.165) is 68.9 Å². The van der Waals surface area contributed by atoms with Gasteiger partial charge >= 0.3 is 0 Å². The SMILES string of the molecule is Cc1nc(-c2ccc(N3CCCC(Cc4ccccc4N4CCN(C)CC4)C3=O)cc2)co1. The fourth-order valence-electron chi connectivity index (χ4n) is 5.01. The average Bonchev–Trinajstić information content (AvgIpc) is 3.28. The van der Waals surface area contributed by atoms with E-state index in [1.165, 1.54) is 11.3 Å². The highest BCUT2D eigenvalue weighted by molar-refractivity contribution is 5.96. The van der Waals surface area contributed by atoms with Crippen molar-refractivity contribution in [3.63, 3.8) is 0 Å². The molecular weight excluding hydrogens is 412 g/mol. The summed E-state index contributed by atoms with van der Waals surface area (Å²) in [7, 11) is 2.18. The van der Waals surface area contributed by atoms with Crippen molar-refractivity contribution in [3.8, 4) is 11.3 Å². The largest absolute Gasteiger partial charge is 0.449 e. The maximum Gasteiger partial charge on any atom is 0.230 e. The molecule has 3 aromatic rings. The number of oxazole rings is 1. The number of aromatic nitrogens is 1. The van der Waals surface area contributed by atoms with Crippen molar-refractivity contribution in [2.24, 2.45) is 5.92 Å². The lowest BCUT2D eigenvalue weighted by Crippen LogP contribution is -2.45. The Kier molecular flexibility index (Phi) is 6.18. The molecule has 1 atom stereocenters. The molecule has 2 aliphatic heterocycles. The van der Waals surface area contributed by atoms with Crippen molar-refractivity contribution in [2.45, 2.75) is 26.2 Å². The lowest BCUT2D eigenvalue weighted by Gasteiger charge is -2.36. The molecular formula is C27H32N4O2. The number of amides is 1. The zero-order chi connectivity index (χ0) is 22.8. The van der Waals surface area contributed by atoms with Crippen molar-refractivity contribution in [2.75, 3.05) is 49.6 Å². The highest BCUT2D eigenvalue weighted by Gasteiger charge is 2.31. The number of hydrogen-bond donors (Lipinski definition) is 0. The minimum Gasteiger partial charge on any atom is -0.449 e.